The van der Waals surface area contributed by atoms with Gasteiger partial charge in [0.2, 0.25) is 0 Å². The Kier molecular flexibility index (Phi) is 4.81. The van der Waals surface area contributed by atoms with Crippen LogP contribution in [0, 0.1) is 18.6 Å². The van der Waals surface area contributed by atoms with Crippen LogP contribution in [0.25, 0.3) is 11.3 Å². The fourth-order valence-electron chi connectivity index (χ4n) is 1.84. The number of halogens is 2. The summed E-state index contributed by atoms with van der Waals surface area (Å²) in [6.45, 7) is 3.08. The van der Waals surface area contributed by atoms with Crippen LogP contribution in [0.1, 0.15) is 11.3 Å². The summed E-state index contributed by atoms with van der Waals surface area (Å²) in [6, 6.07) is 2.61. The fourth-order valence-corrected chi connectivity index (χ4v) is 1.84. The first kappa shape index (κ1) is 14.6. The summed E-state index contributed by atoms with van der Waals surface area (Å²) >= 11 is 0. The van der Waals surface area contributed by atoms with Gasteiger partial charge in [-0.3, -0.25) is 0 Å². The maximum Gasteiger partial charge on any atom is 0.181 e. The van der Waals surface area contributed by atoms with Gasteiger partial charge in [-0.25, -0.2) is 13.8 Å². The van der Waals surface area contributed by atoms with E-state index in [2.05, 4.69) is 10.3 Å². The van der Waals surface area contributed by atoms with Gasteiger partial charge in [-0.1, -0.05) is 6.07 Å². The Morgan fingerprint density at radius 1 is 1.35 bits per heavy atom. The number of oxazole rings is 1. The van der Waals surface area contributed by atoms with E-state index in [-0.39, 0.29) is 11.3 Å². The normalized spacial score (nSPS) is 11.0. The van der Waals surface area contributed by atoms with Gasteiger partial charge in [0, 0.05) is 20.2 Å². The molecule has 0 aliphatic heterocycles. The minimum Gasteiger partial charge on any atom is -0.443 e. The third-order valence-electron chi connectivity index (χ3n) is 2.93. The van der Waals surface area contributed by atoms with Gasteiger partial charge in [0.15, 0.2) is 12.2 Å². The highest BCUT2D eigenvalue weighted by Crippen LogP contribution is 2.30. The van der Waals surface area contributed by atoms with Crippen LogP contribution in [-0.2, 0) is 11.3 Å². The molecule has 4 nitrogen and oxygen atoms in total. The maximum absolute atomic E-state index is 14.1. The summed E-state index contributed by atoms with van der Waals surface area (Å²) in [5.41, 5.74) is 0.645. The van der Waals surface area contributed by atoms with Crippen LogP contribution in [0.4, 0.5) is 8.78 Å². The smallest absolute Gasteiger partial charge is 0.181 e. The van der Waals surface area contributed by atoms with E-state index in [4.69, 9.17) is 9.15 Å². The minimum atomic E-state index is -0.664. The van der Waals surface area contributed by atoms with Gasteiger partial charge in [0.1, 0.15) is 17.3 Å². The lowest BCUT2D eigenvalue weighted by molar-refractivity contribution is 0.199. The van der Waals surface area contributed by atoms with Crippen LogP contribution >= 0.6 is 0 Å². The third-order valence-corrected chi connectivity index (χ3v) is 2.93. The Hall–Kier alpha value is -1.79. The molecule has 1 aromatic carbocycles. The van der Waals surface area contributed by atoms with E-state index in [1.165, 1.54) is 18.5 Å². The van der Waals surface area contributed by atoms with Crippen molar-refractivity contribution in [3.63, 3.8) is 0 Å². The molecule has 0 bridgehead atoms. The average Bonchev–Trinajstić information content (AvgIpc) is 2.88. The van der Waals surface area contributed by atoms with Gasteiger partial charge in [-0.2, -0.15) is 0 Å². The number of rotatable bonds is 6. The van der Waals surface area contributed by atoms with Crippen LogP contribution in [0.3, 0.4) is 0 Å². The second-order valence-corrected chi connectivity index (χ2v) is 4.35. The standard InChI is InChI=1S/C14H16F2N2O2/c1-9-3-4-10(15)12(13(9)16)14-11(18-8-20-14)7-17-5-6-19-2/h3-4,8,17H,5-7H2,1-2H3. The monoisotopic (exact) mass is 282 g/mol. The van der Waals surface area contributed by atoms with Crippen molar-refractivity contribution >= 4 is 0 Å². The zero-order valence-electron chi connectivity index (χ0n) is 11.4. The highest BCUT2D eigenvalue weighted by molar-refractivity contribution is 5.62. The largest absolute Gasteiger partial charge is 0.443 e. The van der Waals surface area contributed by atoms with Crippen LogP contribution in [-0.4, -0.2) is 25.2 Å². The molecule has 0 saturated carbocycles. The van der Waals surface area contributed by atoms with Gasteiger partial charge in [-0.15, -0.1) is 0 Å². The van der Waals surface area contributed by atoms with Gasteiger partial charge in [-0.05, 0) is 18.6 Å². The second-order valence-electron chi connectivity index (χ2n) is 4.35. The number of methoxy groups -OCH3 is 1. The molecular weight excluding hydrogens is 266 g/mol. The number of aryl methyl sites for hydroxylation is 1. The molecule has 0 amide bonds. The summed E-state index contributed by atoms with van der Waals surface area (Å²) in [5, 5.41) is 3.06. The molecule has 0 spiro atoms. The lowest BCUT2D eigenvalue weighted by Gasteiger charge is -2.07. The molecule has 0 saturated heterocycles. The molecule has 0 unspecified atom stereocenters. The molecule has 2 aromatic rings. The predicted molar refractivity (Wildman–Crippen MR) is 70.2 cm³/mol. The molecule has 0 aliphatic carbocycles. The summed E-state index contributed by atoms with van der Waals surface area (Å²) < 4.78 is 38.0. The lowest BCUT2D eigenvalue weighted by atomic mass is 10.1. The first-order valence-corrected chi connectivity index (χ1v) is 6.22. The van der Waals surface area contributed by atoms with E-state index in [0.717, 1.165) is 0 Å². The van der Waals surface area contributed by atoms with Crippen molar-refractivity contribution in [2.75, 3.05) is 20.3 Å². The van der Waals surface area contributed by atoms with E-state index < -0.39 is 11.6 Å². The molecule has 0 radical (unpaired) electrons. The molecule has 1 aromatic heterocycles. The fraction of sp³-hybridized carbons (Fsp3) is 0.357. The maximum atomic E-state index is 14.1. The highest BCUT2D eigenvalue weighted by atomic mass is 19.1. The molecule has 1 N–H and O–H groups in total. The zero-order chi connectivity index (χ0) is 14.5. The molecular formula is C14H16F2N2O2. The van der Waals surface area contributed by atoms with Crippen molar-refractivity contribution < 1.29 is 17.9 Å². The number of benzene rings is 1. The van der Waals surface area contributed by atoms with Crippen LogP contribution in [0.15, 0.2) is 22.9 Å². The van der Waals surface area contributed by atoms with E-state index in [0.29, 0.717) is 31.0 Å². The highest BCUT2D eigenvalue weighted by Gasteiger charge is 2.20. The Morgan fingerprint density at radius 3 is 2.90 bits per heavy atom. The van der Waals surface area contributed by atoms with Crippen molar-refractivity contribution in [3.05, 3.63) is 41.4 Å². The van der Waals surface area contributed by atoms with Crippen molar-refractivity contribution in [1.29, 1.82) is 0 Å². The first-order chi connectivity index (χ1) is 9.65. The average molecular weight is 282 g/mol. The number of hydrogen-bond donors (Lipinski definition) is 1. The summed E-state index contributed by atoms with van der Waals surface area (Å²) in [7, 11) is 1.60. The van der Waals surface area contributed by atoms with Gasteiger partial charge < -0.3 is 14.5 Å². The van der Waals surface area contributed by atoms with E-state index in [1.807, 2.05) is 0 Å². The van der Waals surface area contributed by atoms with E-state index in [9.17, 15) is 8.78 Å². The predicted octanol–water partition coefficient (Wildman–Crippen LogP) is 2.66. The number of nitrogens with zero attached hydrogens (tertiary/aromatic N) is 1. The van der Waals surface area contributed by atoms with E-state index >= 15 is 0 Å². The summed E-state index contributed by atoms with van der Waals surface area (Å²) in [5.74, 6) is -1.17. The number of nitrogens with one attached hydrogen (secondary N) is 1. The SMILES string of the molecule is COCCNCc1ncoc1-c1c(F)ccc(C)c1F. The Bertz CT molecular complexity index is 585. The van der Waals surface area contributed by atoms with Crippen LogP contribution in [0.5, 0.6) is 0 Å². The third kappa shape index (κ3) is 3.02. The minimum absolute atomic E-state index is 0.119. The lowest BCUT2D eigenvalue weighted by Crippen LogP contribution is -2.19. The van der Waals surface area contributed by atoms with E-state index in [1.54, 1.807) is 14.0 Å². The molecule has 0 aliphatic rings. The number of aromatic nitrogens is 1. The quantitative estimate of drug-likeness (QED) is 0.827. The summed E-state index contributed by atoms with van der Waals surface area (Å²) in [6.07, 6.45) is 1.18. The first-order valence-electron chi connectivity index (χ1n) is 6.22. The molecule has 2 rings (SSSR count). The number of ether oxygens (including phenoxy) is 1. The Labute approximate surface area is 115 Å². The van der Waals surface area contributed by atoms with Crippen LogP contribution < -0.4 is 5.32 Å². The Morgan fingerprint density at radius 2 is 2.15 bits per heavy atom. The number of hydrogen-bond acceptors (Lipinski definition) is 4. The zero-order valence-corrected chi connectivity index (χ0v) is 11.4. The van der Waals surface area contributed by atoms with Crippen molar-refractivity contribution in [2.24, 2.45) is 0 Å². The van der Waals surface area contributed by atoms with Gasteiger partial charge in [0.05, 0.1) is 12.2 Å². The van der Waals surface area contributed by atoms with Crippen molar-refractivity contribution in [1.82, 2.24) is 10.3 Å². The molecule has 1 heterocycles. The molecule has 0 atom stereocenters. The topological polar surface area (TPSA) is 47.3 Å². The van der Waals surface area contributed by atoms with Crippen LogP contribution in [0.2, 0.25) is 0 Å². The second kappa shape index (κ2) is 6.58. The van der Waals surface area contributed by atoms with Gasteiger partial charge >= 0.3 is 0 Å². The Balaban J connectivity index is 2.26. The molecule has 0 fully saturated rings. The van der Waals surface area contributed by atoms with Crippen molar-refractivity contribution in [2.45, 2.75) is 13.5 Å². The summed E-state index contributed by atoms with van der Waals surface area (Å²) in [4.78, 5) is 4.00. The van der Waals surface area contributed by atoms with Crippen molar-refractivity contribution in [3.8, 4) is 11.3 Å². The molecule has 108 valence electrons. The molecule has 20 heavy (non-hydrogen) atoms. The van der Waals surface area contributed by atoms with Gasteiger partial charge in [0.25, 0.3) is 0 Å². The molecule has 6 heteroatoms.